The van der Waals surface area contributed by atoms with Crippen LogP contribution in [0.15, 0.2) is 30.4 Å². The fourth-order valence-electron chi connectivity index (χ4n) is 13.1. The van der Waals surface area contributed by atoms with E-state index in [1.165, 1.54) is 43.2 Å². The van der Waals surface area contributed by atoms with Crippen molar-refractivity contribution in [3.8, 4) is 0 Å². The van der Waals surface area contributed by atoms with Gasteiger partial charge in [-0.05, 0) is 152 Å². The first kappa shape index (κ1) is 34.1. The predicted molar refractivity (Wildman–Crippen MR) is 186 cm³/mol. The maximum atomic E-state index is 13.1. The fraction of sp³-hybridized carbons (Fsp3) is 0.786. The number of carbonyl (C=O) groups excluding carboxylic acids is 1. The van der Waals surface area contributed by atoms with Crippen LogP contribution in [0.1, 0.15) is 142 Å². The summed E-state index contributed by atoms with van der Waals surface area (Å²) in [7, 11) is 0. The molecule has 0 heterocycles. The lowest BCUT2D eigenvalue weighted by atomic mass is 9.32. The van der Waals surface area contributed by atoms with Crippen molar-refractivity contribution in [3.63, 3.8) is 0 Å². The predicted octanol–water partition coefficient (Wildman–Crippen LogP) is 10.8. The zero-order valence-electron chi connectivity index (χ0n) is 30.6. The Hall–Kier alpha value is -1.81. The molecule has 0 spiro atoms. The van der Waals surface area contributed by atoms with Crippen molar-refractivity contribution >= 4 is 6.16 Å². The average molecular weight is 633 g/mol. The topological polar surface area (TPSA) is 55.8 Å². The van der Waals surface area contributed by atoms with Crippen LogP contribution in [0, 0.1) is 63.6 Å². The summed E-state index contributed by atoms with van der Waals surface area (Å²) >= 11 is 0. The second-order valence-corrected chi connectivity index (χ2v) is 18.6. The molecule has 0 aromatic heterocycles. The molecule has 1 N–H and O–H groups in total. The minimum absolute atomic E-state index is 0.00152. The molecule has 0 aliphatic heterocycles. The van der Waals surface area contributed by atoms with Crippen LogP contribution in [0.25, 0.3) is 0 Å². The normalized spacial score (nSPS) is 42.8. The Morgan fingerprint density at radius 2 is 1.65 bits per heavy atom. The Morgan fingerprint density at radius 1 is 0.913 bits per heavy atom. The van der Waals surface area contributed by atoms with Gasteiger partial charge in [0, 0.05) is 5.41 Å². The van der Waals surface area contributed by atoms with Gasteiger partial charge in [-0.25, -0.2) is 4.79 Å². The van der Waals surface area contributed by atoms with Crippen molar-refractivity contribution in [2.75, 3.05) is 6.61 Å². The van der Waals surface area contributed by atoms with E-state index >= 15 is 0 Å². The number of allylic oxidation sites excluding steroid dienone is 1. The van der Waals surface area contributed by atoms with Crippen LogP contribution < -0.4 is 0 Å². The van der Waals surface area contributed by atoms with Crippen LogP contribution in [0.4, 0.5) is 4.79 Å². The van der Waals surface area contributed by atoms with Crippen LogP contribution in [0.5, 0.6) is 0 Å². The number of rotatable bonds is 6. The van der Waals surface area contributed by atoms with E-state index in [-0.39, 0.29) is 39.8 Å². The Bertz CT molecular complexity index is 1340. The summed E-state index contributed by atoms with van der Waals surface area (Å²) in [6.45, 7) is 26.6. The summed E-state index contributed by atoms with van der Waals surface area (Å²) in [6.07, 6.45) is 11.0. The molecule has 256 valence electrons. The van der Waals surface area contributed by atoms with E-state index in [4.69, 9.17) is 9.47 Å². The van der Waals surface area contributed by atoms with E-state index in [1.54, 1.807) is 0 Å². The standard InChI is InChI=1S/C42H64O4/c1-26(2)29-12-11-28(5)30(23-29)24-45-37(44)46-25-42-20-15-31(27(3)4)36(42)32-13-14-34-39(8)18-17-35(43)38(6,7)33(39)16-19-41(34,10)40(32,9)21-22-42/h11-12,23,26,31-36,43H,3,13-22,24-25H2,1-2,4-10H3/t31-,32?,33?,34?,35-,36?,39-,40+,41+,42+/m0/s1. The lowest BCUT2D eigenvalue weighted by Crippen LogP contribution is -2.66. The minimum atomic E-state index is -0.529. The molecule has 5 saturated carbocycles. The lowest BCUT2D eigenvalue weighted by molar-refractivity contribution is -0.249. The Kier molecular flexibility index (Phi) is 8.64. The van der Waals surface area contributed by atoms with Crippen molar-refractivity contribution in [2.45, 2.75) is 145 Å². The largest absolute Gasteiger partial charge is 0.508 e. The van der Waals surface area contributed by atoms with E-state index in [0.29, 0.717) is 42.1 Å². The lowest BCUT2D eigenvalue weighted by Gasteiger charge is -2.73. The summed E-state index contributed by atoms with van der Waals surface area (Å²) in [5.74, 6) is 3.29. The van der Waals surface area contributed by atoms with Gasteiger partial charge in [-0.3, -0.25) is 0 Å². The number of aryl methyl sites for hydroxylation is 1. The maximum Gasteiger partial charge on any atom is 0.508 e. The molecule has 5 aliphatic rings. The van der Waals surface area contributed by atoms with Gasteiger partial charge in [0.15, 0.2) is 0 Å². The number of aliphatic hydroxyl groups excluding tert-OH is 1. The van der Waals surface area contributed by atoms with Crippen LogP contribution in [0.2, 0.25) is 0 Å². The van der Waals surface area contributed by atoms with Gasteiger partial charge in [-0.2, -0.15) is 0 Å². The number of carbonyl (C=O) groups is 1. The highest BCUT2D eigenvalue weighted by molar-refractivity contribution is 5.60. The first-order chi connectivity index (χ1) is 21.5. The summed E-state index contributed by atoms with van der Waals surface area (Å²) < 4.78 is 11.9. The molecule has 0 bridgehead atoms. The van der Waals surface area contributed by atoms with E-state index in [0.717, 1.165) is 43.2 Å². The number of fused-ring (bicyclic) bond motifs is 7. The Balaban J connectivity index is 1.22. The monoisotopic (exact) mass is 632 g/mol. The molecule has 1 aromatic carbocycles. The van der Waals surface area contributed by atoms with Gasteiger partial charge in [0.25, 0.3) is 0 Å². The van der Waals surface area contributed by atoms with E-state index in [9.17, 15) is 9.90 Å². The number of hydrogen-bond acceptors (Lipinski definition) is 4. The molecule has 0 saturated heterocycles. The van der Waals surface area contributed by atoms with Gasteiger partial charge >= 0.3 is 6.16 Å². The maximum absolute atomic E-state index is 13.1. The molecule has 0 radical (unpaired) electrons. The highest BCUT2D eigenvalue weighted by Crippen LogP contribution is 2.77. The van der Waals surface area contributed by atoms with Gasteiger partial charge < -0.3 is 14.6 Å². The third-order valence-corrected chi connectivity index (χ3v) is 16.1. The van der Waals surface area contributed by atoms with Gasteiger partial charge in [-0.15, -0.1) is 0 Å². The Labute approximate surface area is 280 Å². The molecular weight excluding hydrogens is 568 g/mol. The first-order valence-electron chi connectivity index (χ1n) is 18.7. The smallest absolute Gasteiger partial charge is 0.434 e. The molecule has 5 fully saturated rings. The van der Waals surface area contributed by atoms with Gasteiger partial charge in [0.2, 0.25) is 0 Å². The molecule has 1 aromatic rings. The number of ether oxygens (including phenoxy) is 2. The van der Waals surface area contributed by atoms with Gasteiger partial charge in [0.05, 0.1) is 6.10 Å². The second-order valence-electron chi connectivity index (χ2n) is 18.6. The second kappa shape index (κ2) is 11.7. The summed E-state index contributed by atoms with van der Waals surface area (Å²) in [5.41, 5.74) is 5.55. The zero-order chi connectivity index (χ0) is 33.4. The summed E-state index contributed by atoms with van der Waals surface area (Å²) in [6, 6.07) is 6.45. The van der Waals surface area contributed by atoms with E-state index in [2.05, 4.69) is 87.1 Å². The summed E-state index contributed by atoms with van der Waals surface area (Å²) in [4.78, 5) is 13.1. The molecule has 0 amide bonds. The van der Waals surface area contributed by atoms with Crippen molar-refractivity contribution in [1.82, 2.24) is 0 Å². The molecule has 6 rings (SSSR count). The quantitative estimate of drug-likeness (QED) is 0.250. The third kappa shape index (κ3) is 5.04. The van der Waals surface area contributed by atoms with Crippen molar-refractivity contribution in [2.24, 2.45) is 56.7 Å². The van der Waals surface area contributed by atoms with Crippen molar-refractivity contribution < 1.29 is 19.4 Å². The van der Waals surface area contributed by atoms with Crippen LogP contribution in [-0.2, 0) is 16.1 Å². The van der Waals surface area contributed by atoms with E-state index < -0.39 is 6.16 Å². The molecule has 46 heavy (non-hydrogen) atoms. The Morgan fingerprint density at radius 3 is 2.35 bits per heavy atom. The van der Waals surface area contributed by atoms with Crippen LogP contribution >= 0.6 is 0 Å². The SMILES string of the molecule is C=C(C)[C@@H]1CC[C@]2(COC(=O)OCc3cc(C(C)C)ccc3C)CC[C@]3(C)C(CCC4[C@@]5(C)CC[C@H](O)C(C)(C)C5CC[C@]43C)C12. The van der Waals surface area contributed by atoms with Crippen LogP contribution in [-0.4, -0.2) is 24.0 Å². The molecule has 4 nitrogen and oxygen atoms in total. The van der Waals surface area contributed by atoms with Crippen molar-refractivity contribution in [1.29, 1.82) is 0 Å². The number of hydrogen-bond donors (Lipinski definition) is 1. The summed E-state index contributed by atoms with van der Waals surface area (Å²) in [5, 5.41) is 11.1. The number of aliphatic hydroxyl groups is 1. The van der Waals surface area contributed by atoms with Crippen molar-refractivity contribution in [3.05, 3.63) is 47.0 Å². The van der Waals surface area contributed by atoms with Crippen LogP contribution in [0.3, 0.4) is 0 Å². The molecular formula is C42H64O4. The first-order valence-corrected chi connectivity index (χ1v) is 18.7. The molecule has 4 unspecified atom stereocenters. The molecule has 4 heteroatoms. The fourth-order valence-corrected chi connectivity index (χ4v) is 13.1. The third-order valence-electron chi connectivity index (χ3n) is 16.1. The average Bonchev–Trinajstić information content (AvgIpc) is 3.38. The zero-order valence-corrected chi connectivity index (χ0v) is 30.6. The molecule has 10 atom stereocenters. The van der Waals surface area contributed by atoms with Gasteiger partial charge in [-0.1, -0.05) is 78.8 Å². The minimum Gasteiger partial charge on any atom is -0.434 e. The highest BCUT2D eigenvalue weighted by atomic mass is 16.7. The molecule has 5 aliphatic carbocycles. The van der Waals surface area contributed by atoms with Gasteiger partial charge in [0.1, 0.15) is 13.2 Å². The highest BCUT2D eigenvalue weighted by Gasteiger charge is 2.71. The van der Waals surface area contributed by atoms with E-state index in [1.807, 2.05) is 0 Å². The number of benzene rings is 1.